The van der Waals surface area contributed by atoms with E-state index in [0.29, 0.717) is 19.3 Å². The van der Waals surface area contributed by atoms with Gasteiger partial charge in [-0.3, -0.25) is 18.6 Å². The number of nitrogens with two attached hydrogens (primary N) is 1. The first-order valence-corrected chi connectivity index (χ1v) is 22.0. The van der Waals surface area contributed by atoms with Crippen LogP contribution in [0.3, 0.4) is 0 Å². The zero-order chi connectivity index (χ0) is 39.4. The zero-order valence-electron chi connectivity index (χ0n) is 33.4. The Morgan fingerprint density at radius 3 is 1.70 bits per heavy atom. The van der Waals surface area contributed by atoms with Gasteiger partial charge in [-0.15, -0.1) is 0 Å². The minimum Gasteiger partial charge on any atom is -0.462 e. The van der Waals surface area contributed by atoms with Gasteiger partial charge in [0.15, 0.2) is 6.10 Å². The summed E-state index contributed by atoms with van der Waals surface area (Å²) in [7, 11) is -4.41. The van der Waals surface area contributed by atoms with Crippen molar-refractivity contribution in [3.05, 3.63) is 72.9 Å². The lowest BCUT2D eigenvalue weighted by atomic mass is 10.1. The van der Waals surface area contributed by atoms with Crippen LogP contribution in [0.4, 0.5) is 0 Å². The summed E-state index contributed by atoms with van der Waals surface area (Å²) in [5.74, 6) is -0.956. The fraction of sp³-hybridized carbons (Fsp3) is 0.674. The summed E-state index contributed by atoms with van der Waals surface area (Å²) < 4.78 is 38.4. The Kier molecular flexibility index (Phi) is 31.9. The summed E-state index contributed by atoms with van der Waals surface area (Å²) in [4.78, 5) is 34.8. The Balaban J connectivity index is 2.30. The average molecular weight is 778 g/mol. The molecule has 1 saturated heterocycles. The topological polar surface area (TPSA) is 147 Å². The summed E-state index contributed by atoms with van der Waals surface area (Å²) >= 11 is 0. The predicted octanol–water partition coefficient (Wildman–Crippen LogP) is 10.5. The molecule has 0 spiro atoms. The van der Waals surface area contributed by atoms with Gasteiger partial charge >= 0.3 is 19.8 Å². The molecule has 0 amide bonds. The minimum absolute atomic E-state index is 0.0331. The second-order valence-corrected chi connectivity index (χ2v) is 15.0. The van der Waals surface area contributed by atoms with Crippen LogP contribution in [0.5, 0.6) is 0 Å². The fourth-order valence-corrected chi connectivity index (χ4v) is 6.03. The van der Waals surface area contributed by atoms with Gasteiger partial charge in [-0.25, -0.2) is 4.57 Å². The van der Waals surface area contributed by atoms with E-state index in [4.69, 9.17) is 29.0 Å². The van der Waals surface area contributed by atoms with E-state index in [1.165, 1.54) is 38.5 Å². The molecule has 1 aliphatic rings. The van der Waals surface area contributed by atoms with Crippen LogP contribution in [0.1, 0.15) is 142 Å². The first-order valence-electron chi connectivity index (χ1n) is 20.5. The Morgan fingerprint density at radius 1 is 0.648 bits per heavy atom. The molecule has 0 radical (unpaired) electrons. The monoisotopic (exact) mass is 777 g/mol. The average Bonchev–Trinajstić information content (AvgIpc) is 3.91. The molecule has 10 nitrogen and oxygen atoms in total. The molecule has 0 aromatic carbocycles. The molecule has 4 atom stereocenters. The van der Waals surface area contributed by atoms with Crippen molar-refractivity contribution in [3.63, 3.8) is 0 Å². The molecule has 3 unspecified atom stereocenters. The SMILES string of the molecule is CCCCC/C=C\C/C=C\C/C=C\CCCCC(=O)OC[C@H](COP(=O)(O)OCCN)OC(=O)CCC/C=C\CC1OC1C/C=C\C/C=C\CCCCC. The molecule has 3 N–H and O–H groups in total. The van der Waals surface area contributed by atoms with E-state index in [0.717, 1.165) is 57.8 Å². The van der Waals surface area contributed by atoms with Gasteiger partial charge < -0.3 is 24.8 Å². The lowest BCUT2D eigenvalue weighted by Gasteiger charge is -2.19. The minimum atomic E-state index is -4.41. The molecule has 0 bridgehead atoms. The largest absolute Gasteiger partial charge is 0.472 e. The van der Waals surface area contributed by atoms with Crippen molar-refractivity contribution in [1.29, 1.82) is 0 Å². The number of carbonyl (C=O) groups is 2. The molecule has 1 fully saturated rings. The van der Waals surface area contributed by atoms with E-state index in [2.05, 4.69) is 80.7 Å². The van der Waals surface area contributed by atoms with E-state index in [1.54, 1.807) is 0 Å². The first kappa shape index (κ1) is 49.4. The van der Waals surface area contributed by atoms with Gasteiger partial charge in [-0.05, 0) is 89.9 Å². The second-order valence-electron chi connectivity index (χ2n) is 13.5. The van der Waals surface area contributed by atoms with Crippen LogP contribution in [-0.4, -0.2) is 61.5 Å². The first-order chi connectivity index (χ1) is 26.3. The zero-order valence-corrected chi connectivity index (χ0v) is 34.3. The summed E-state index contributed by atoms with van der Waals surface area (Å²) in [5.41, 5.74) is 5.34. The number of hydrogen-bond donors (Lipinski definition) is 2. The quantitative estimate of drug-likeness (QED) is 0.0207. The highest BCUT2D eigenvalue weighted by Crippen LogP contribution is 2.43. The van der Waals surface area contributed by atoms with Crippen molar-refractivity contribution in [2.75, 3.05) is 26.4 Å². The van der Waals surface area contributed by atoms with Crippen molar-refractivity contribution in [2.45, 2.75) is 161 Å². The molecular formula is C43H72NO9P. The third kappa shape index (κ3) is 31.7. The van der Waals surface area contributed by atoms with Crippen molar-refractivity contribution >= 4 is 19.8 Å². The molecular weight excluding hydrogens is 705 g/mol. The van der Waals surface area contributed by atoms with Gasteiger partial charge in [-0.1, -0.05) is 112 Å². The molecule has 1 heterocycles. The molecule has 11 heteroatoms. The Morgan fingerprint density at radius 2 is 1.13 bits per heavy atom. The highest BCUT2D eigenvalue weighted by atomic mass is 31.2. The van der Waals surface area contributed by atoms with Crippen LogP contribution in [0.25, 0.3) is 0 Å². The van der Waals surface area contributed by atoms with E-state index < -0.39 is 32.5 Å². The van der Waals surface area contributed by atoms with Crippen molar-refractivity contribution in [1.82, 2.24) is 0 Å². The normalized spacial score (nSPS) is 17.9. The van der Waals surface area contributed by atoms with Gasteiger partial charge in [0.05, 0.1) is 25.4 Å². The number of esters is 2. The maximum atomic E-state index is 12.6. The van der Waals surface area contributed by atoms with E-state index in [1.807, 2.05) is 6.08 Å². The Labute approximate surface area is 326 Å². The molecule has 0 aromatic rings. The number of ether oxygens (including phenoxy) is 3. The molecule has 0 aromatic heterocycles. The van der Waals surface area contributed by atoms with Gasteiger partial charge in [0.2, 0.25) is 0 Å². The number of epoxide rings is 1. The van der Waals surface area contributed by atoms with Gasteiger partial charge in [-0.2, -0.15) is 0 Å². The standard InChI is InChI=1S/C43H72NO9P/c1-3-5-7-9-11-13-14-15-16-17-18-20-22-24-29-33-42(45)49-37-39(38-51-54(47,48)50-36-35-44)52-43(46)34-30-26-25-28-32-41-40(53-41)31-27-23-21-19-12-10-8-6-4-2/h11-13,15-16,18-20,23,25,27-28,39-41H,3-10,14,17,21-22,24,26,29-38,44H2,1-2H3,(H,47,48)/b13-11-,16-15-,19-12-,20-18-,27-23-,28-25-/t39-,40?,41?/m1/s1. The van der Waals surface area contributed by atoms with Crippen LogP contribution < -0.4 is 5.73 Å². The van der Waals surface area contributed by atoms with Crippen LogP contribution in [0.2, 0.25) is 0 Å². The van der Waals surface area contributed by atoms with Crippen molar-refractivity contribution < 1.29 is 42.3 Å². The number of unbranched alkanes of at least 4 members (excludes halogenated alkanes) is 9. The summed E-state index contributed by atoms with van der Waals surface area (Å²) in [6, 6.07) is 0. The highest BCUT2D eigenvalue weighted by molar-refractivity contribution is 7.47. The molecule has 0 aliphatic carbocycles. The Hall–Kier alpha value is -2.59. The third-order valence-corrected chi connectivity index (χ3v) is 9.45. The lowest BCUT2D eigenvalue weighted by molar-refractivity contribution is -0.161. The number of rotatable bonds is 36. The molecule has 0 saturated carbocycles. The molecule has 1 rings (SSSR count). The number of allylic oxidation sites excluding steroid dienone is 10. The van der Waals surface area contributed by atoms with Gasteiger partial charge in [0.25, 0.3) is 0 Å². The number of phosphoric ester groups is 1. The second kappa shape index (κ2) is 34.9. The van der Waals surface area contributed by atoms with Crippen molar-refractivity contribution in [2.24, 2.45) is 5.73 Å². The number of hydrogen-bond acceptors (Lipinski definition) is 9. The highest BCUT2D eigenvalue weighted by Gasteiger charge is 2.36. The number of carbonyl (C=O) groups excluding carboxylic acids is 2. The maximum absolute atomic E-state index is 12.6. The fourth-order valence-electron chi connectivity index (χ4n) is 5.26. The van der Waals surface area contributed by atoms with E-state index >= 15 is 0 Å². The molecule has 308 valence electrons. The third-order valence-electron chi connectivity index (χ3n) is 8.47. The lowest BCUT2D eigenvalue weighted by Crippen LogP contribution is -2.29. The van der Waals surface area contributed by atoms with Crippen LogP contribution in [0, 0.1) is 0 Å². The van der Waals surface area contributed by atoms with Gasteiger partial charge in [0, 0.05) is 19.4 Å². The summed E-state index contributed by atoms with van der Waals surface area (Å²) in [6.45, 7) is 3.52. The summed E-state index contributed by atoms with van der Waals surface area (Å²) in [6.07, 6.45) is 43.9. The van der Waals surface area contributed by atoms with Gasteiger partial charge in [0.1, 0.15) is 6.61 Å². The maximum Gasteiger partial charge on any atom is 0.472 e. The smallest absolute Gasteiger partial charge is 0.462 e. The number of phosphoric acid groups is 1. The van der Waals surface area contributed by atoms with Crippen molar-refractivity contribution in [3.8, 4) is 0 Å². The summed E-state index contributed by atoms with van der Waals surface area (Å²) in [5, 5.41) is 0. The van der Waals surface area contributed by atoms with E-state index in [-0.39, 0.29) is 44.8 Å². The molecule has 1 aliphatic heterocycles. The van der Waals surface area contributed by atoms with Crippen LogP contribution in [0.15, 0.2) is 72.9 Å². The van der Waals surface area contributed by atoms with Crippen LogP contribution in [-0.2, 0) is 37.4 Å². The van der Waals surface area contributed by atoms with E-state index in [9.17, 15) is 19.0 Å². The van der Waals surface area contributed by atoms with Crippen LogP contribution >= 0.6 is 7.82 Å². The molecule has 54 heavy (non-hydrogen) atoms. The predicted molar refractivity (Wildman–Crippen MR) is 219 cm³/mol. The Bertz CT molecular complexity index is 1180.